The van der Waals surface area contributed by atoms with E-state index in [0.717, 1.165) is 10.4 Å². The van der Waals surface area contributed by atoms with E-state index in [2.05, 4.69) is 5.43 Å². The molecular formula is C11H10ClFN2S. The van der Waals surface area contributed by atoms with Crippen LogP contribution in [0, 0.1) is 5.82 Å². The van der Waals surface area contributed by atoms with Crippen molar-refractivity contribution in [1.29, 1.82) is 0 Å². The highest BCUT2D eigenvalue weighted by Gasteiger charge is 2.16. The second-order valence-corrected chi connectivity index (χ2v) is 4.64. The Morgan fingerprint density at radius 3 is 2.44 bits per heavy atom. The smallest absolute Gasteiger partial charge is 0.123 e. The Hall–Kier alpha value is -0.940. The van der Waals surface area contributed by atoms with Gasteiger partial charge in [0.25, 0.3) is 0 Å². The van der Waals surface area contributed by atoms with Gasteiger partial charge in [-0.15, -0.1) is 11.3 Å². The molecule has 2 nitrogen and oxygen atoms in total. The number of hydrazine groups is 1. The summed E-state index contributed by atoms with van der Waals surface area (Å²) in [7, 11) is 0. The maximum absolute atomic E-state index is 12.8. The topological polar surface area (TPSA) is 38.0 Å². The lowest BCUT2D eigenvalue weighted by Crippen LogP contribution is -2.28. The second-order valence-electron chi connectivity index (χ2n) is 3.28. The van der Waals surface area contributed by atoms with Crippen molar-refractivity contribution in [1.82, 2.24) is 5.43 Å². The average molecular weight is 257 g/mol. The zero-order valence-electron chi connectivity index (χ0n) is 8.28. The summed E-state index contributed by atoms with van der Waals surface area (Å²) in [4.78, 5) is 0.927. The molecule has 0 bridgehead atoms. The number of benzene rings is 1. The van der Waals surface area contributed by atoms with Crippen molar-refractivity contribution >= 4 is 22.9 Å². The number of hydrogen-bond acceptors (Lipinski definition) is 3. The largest absolute Gasteiger partial charge is 0.271 e. The van der Waals surface area contributed by atoms with Gasteiger partial charge in [-0.2, -0.15) is 0 Å². The van der Waals surface area contributed by atoms with Gasteiger partial charge in [-0.05, 0) is 29.1 Å². The zero-order chi connectivity index (χ0) is 11.5. The molecular weight excluding hydrogens is 247 g/mol. The van der Waals surface area contributed by atoms with Crippen LogP contribution in [0.2, 0.25) is 5.02 Å². The molecule has 2 aromatic rings. The Bertz CT molecular complexity index is 469. The molecule has 1 aromatic heterocycles. The molecule has 1 unspecified atom stereocenters. The van der Waals surface area contributed by atoms with E-state index in [1.165, 1.54) is 23.5 Å². The fourth-order valence-electron chi connectivity index (χ4n) is 1.49. The minimum atomic E-state index is -0.267. The monoisotopic (exact) mass is 256 g/mol. The third kappa shape index (κ3) is 2.25. The van der Waals surface area contributed by atoms with Crippen LogP contribution < -0.4 is 11.3 Å². The molecule has 0 saturated heterocycles. The number of thiophene rings is 1. The fourth-order valence-corrected chi connectivity index (χ4v) is 2.74. The molecule has 0 aliphatic carbocycles. The molecule has 1 heterocycles. The van der Waals surface area contributed by atoms with Crippen LogP contribution in [0.25, 0.3) is 0 Å². The lowest BCUT2D eigenvalue weighted by Gasteiger charge is -2.15. The Balaban J connectivity index is 2.37. The Labute approximate surface area is 102 Å². The zero-order valence-corrected chi connectivity index (χ0v) is 9.86. The molecule has 1 aromatic carbocycles. The van der Waals surface area contributed by atoms with Crippen molar-refractivity contribution in [2.24, 2.45) is 5.84 Å². The summed E-state index contributed by atoms with van der Waals surface area (Å²) >= 11 is 7.55. The van der Waals surface area contributed by atoms with Gasteiger partial charge >= 0.3 is 0 Å². The quantitative estimate of drug-likeness (QED) is 0.654. The van der Waals surface area contributed by atoms with Crippen molar-refractivity contribution in [3.63, 3.8) is 0 Å². The SMILES string of the molecule is NNC(c1ccc(F)cc1)c1sccc1Cl. The molecule has 0 fully saturated rings. The summed E-state index contributed by atoms with van der Waals surface area (Å²) in [5, 5.41) is 2.56. The van der Waals surface area contributed by atoms with Crippen LogP contribution in [0.4, 0.5) is 4.39 Å². The van der Waals surface area contributed by atoms with Crippen LogP contribution in [-0.4, -0.2) is 0 Å². The number of rotatable bonds is 3. The Kier molecular flexibility index (Phi) is 3.56. The van der Waals surface area contributed by atoms with E-state index in [1.54, 1.807) is 12.1 Å². The highest BCUT2D eigenvalue weighted by atomic mass is 35.5. The fraction of sp³-hybridized carbons (Fsp3) is 0.0909. The van der Waals surface area contributed by atoms with Crippen LogP contribution >= 0.6 is 22.9 Å². The maximum Gasteiger partial charge on any atom is 0.123 e. The predicted molar refractivity (Wildman–Crippen MR) is 64.9 cm³/mol. The molecule has 16 heavy (non-hydrogen) atoms. The molecule has 0 saturated carbocycles. The van der Waals surface area contributed by atoms with Crippen molar-refractivity contribution in [3.05, 3.63) is 57.0 Å². The lowest BCUT2D eigenvalue weighted by atomic mass is 10.1. The molecule has 3 N–H and O–H groups in total. The minimum absolute atomic E-state index is 0.201. The van der Waals surface area contributed by atoms with E-state index in [1.807, 2.05) is 11.4 Å². The summed E-state index contributed by atoms with van der Waals surface area (Å²) in [6, 6.07) is 7.80. The van der Waals surface area contributed by atoms with E-state index in [-0.39, 0.29) is 11.9 Å². The molecule has 0 radical (unpaired) electrons. The molecule has 84 valence electrons. The van der Waals surface area contributed by atoms with Gasteiger partial charge in [-0.1, -0.05) is 23.7 Å². The van der Waals surface area contributed by atoms with Gasteiger partial charge in [0, 0.05) is 4.88 Å². The Morgan fingerprint density at radius 2 is 1.94 bits per heavy atom. The third-order valence-electron chi connectivity index (χ3n) is 2.28. The highest BCUT2D eigenvalue weighted by molar-refractivity contribution is 7.10. The van der Waals surface area contributed by atoms with E-state index in [0.29, 0.717) is 5.02 Å². The molecule has 5 heteroatoms. The van der Waals surface area contributed by atoms with Gasteiger partial charge < -0.3 is 0 Å². The molecule has 2 rings (SSSR count). The number of nitrogens with two attached hydrogens (primary N) is 1. The van der Waals surface area contributed by atoms with Crippen LogP contribution in [0.1, 0.15) is 16.5 Å². The number of hydrogen-bond donors (Lipinski definition) is 2. The normalized spacial score (nSPS) is 12.7. The van der Waals surface area contributed by atoms with Gasteiger partial charge in [0.05, 0.1) is 11.1 Å². The van der Waals surface area contributed by atoms with Crippen LogP contribution in [0.3, 0.4) is 0 Å². The average Bonchev–Trinajstić information content (AvgIpc) is 2.69. The van der Waals surface area contributed by atoms with E-state index >= 15 is 0 Å². The number of nitrogens with one attached hydrogen (secondary N) is 1. The Morgan fingerprint density at radius 1 is 1.25 bits per heavy atom. The second kappa shape index (κ2) is 4.93. The van der Waals surface area contributed by atoms with Gasteiger partial charge in [0.2, 0.25) is 0 Å². The van der Waals surface area contributed by atoms with Gasteiger partial charge in [-0.3, -0.25) is 5.84 Å². The summed E-state index contributed by atoms with van der Waals surface area (Å²) in [5.74, 6) is 5.24. The van der Waals surface area contributed by atoms with Crippen LogP contribution in [0.15, 0.2) is 35.7 Å². The molecule has 0 aliphatic rings. The standard InChI is InChI=1S/C11H10ClFN2S/c12-9-5-6-16-11(9)10(15-14)7-1-3-8(13)4-2-7/h1-6,10,15H,14H2. The number of halogens is 2. The first-order chi connectivity index (χ1) is 7.72. The lowest BCUT2D eigenvalue weighted by molar-refractivity contribution is 0.618. The first kappa shape index (κ1) is 11.5. The van der Waals surface area contributed by atoms with Crippen LogP contribution in [0.5, 0.6) is 0 Å². The first-order valence-electron chi connectivity index (χ1n) is 4.67. The minimum Gasteiger partial charge on any atom is -0.271 e. The summed E-state index contributed by atoms with van der Waals surface area (Å²) in [5.41, 5.74) is 3.57. The maximum atomic E-state index is 12.8. The first-order valence-corrected chi connectivity index (χ1v) is 5.92. The molecule has 0 spiro atoms. The summed E-state index contributed by atoms with van der Waals surface area (Å²) in [6.45, 7) is 0. The van der Waals surface area contributed by atoms with E-state index in [9.17, 15) is 4.39 Å². The summed E-state index contributed by atoms with van der Waals surface area (Å²) < 4.78 is 12.8. The van der Waals surface area contributed by atoms with Gasteiger partial charge in [0.1, 0.15) is 5.82 Å². The van der Waals surface area contributed by atoms with E-state index < -0.39 is 0 Å². The molecule has 1 atom stereocenters. The van der Waals surface area contributed by atoms with Crippen molar-refractivity contribution in [2.45, 2.75) is 6.04 Å². The van der Waals surface area contributed by atoms with Crippen molar-refractivity contribution < 1.29 is 4.39 Å². The van der Waals surface area contributed by atoms with Crippen LogP contribution in [-0.2, 0) is 0 Å². The van der Waals surface area contributed by atoms with Crippen molar-refractivity contribution in [3.8, 4) is 0 Å². The molecule has 0 aliphatic heterocycles. The third-order valence-corrected chi connectivity index (χ3v) is 3.70. The summed E-state index contributed by atoms with van der Waals surface area (Å²) in [6.07, 6.45) is 0. The predicted octanol–water partition coefficient (Wildman–Crippen LogP) is 3.09. The van der Waals surface area contributed by atoms with Gasteiger partial charge in [-0.25, -0.2) is 9.82 Å². The highest BCUT2D eigenvalue weighted by Crippen LogP contribution is 2.32. The molecule has 0 amide bonds. The van der Waals surface area contributed by atoms with Gasteiger partial charge in [0.15, 0.2) is 0 Å². The van der Waals surface area contributed by atoms with E-state index in [4.69, 9.17) is 17.4 Å². The van der Waals surface area contributed by atoms with Crippen molar-refractivity contribution in [2.75, 3.05) is 0 Å².